The van der Waals surface area contributed by atoms with Crippen LogP contribution in [-0.4, -0.2) is 16.0 Å². The van der Waals surface area contributed by atoms with Crippen molar-refractivity contribution in [3.63, 3.8) is 0 Å². The van der Waals surface area contributed by atoms with E-state index in [2.05, 4.69) is 0 Å². The summed E-state index contributed by atoms with van der Waals surface area (Å²) < 4.78 is 5.71. The minimum Gasteiger partial charge on any atom is -0.508 e. The van der Waals surface area contributed by atoms with Crippen molar-refractivity contribution >= 4 is 5.78 Å². The zero-order valence-electron chi connectivity index (χ0n) is 12.0. The molecule has 0 amide bonds. The average Bonchev–Trinajstić information content (AvgIpc) is 2.49. The smallest absolute Gasteiger partial charge is 0.174 e. The lowest BCUT2D eigenvalue weighted by molar-refractivity contribution is 0.0845. The van der Waals surface area contributed by atoms with Gasteiger partial charge >= 0.3 is 0 Å². The van der Waals surface area contributed by atoms with Crippen LogP contribution in [0.2, 0.25) is 0 Å². The van der Waals surface area contributed by atoms with Gasteiger partial charge in [0.1, 0.15) is 28.9 Å². The van der Waals surface area contributed by atoms with Gasteiger partial charge in [-0.1, -0.05) is 44.2 Å². The fourth-order valence-corrected chi connectivity index (χ4v) is 2.28. The molecule has 4 nitrogen and oxygen atoms in total. The summed E-state index contributed by atoms with van der Waals surface area (Å²) in [4.78, 5) is 12.1. The Morgan fingerprint density at radius 3 is 2.43 bits per heavy atom. The maximum Gasteiger partial charge on any atom is 0.174 e. The molecular formula is C17H18O4. The van der Waals surface area contributed by atoms with E-state index in [9.17, 15) is 15.0 Å². The zero-order valence-corrected chi connectivity index (χ0v) is 12.0. The molecule has 1 atom stereocenters. The molecule has 0 fully saturated rings. The molecule has 0 saturated carbocycles. The summed E-state index contributed by atoms with van der Waals surface area (Å²) in [6.45, 7) is 4.00. The summed E-state index contributed by atoms with van der Waals surface area (Å²) in [6.07, 6.45) is -0.211. The lowest BCUT2D eigenvalue weighted by Gasteiger charge is -2.26. The van der Waals surface area contributed by atoms with Crippen LogP contribution in [-0.2, 0) is 0 Å². The molecule has 0 bridgehead atoms. The molecule has 0 aromatic heterocycles. The van der Waals surface area contributed by atoms with Crippen LogP contribution in [0.3, 0.4) is 0 Å². The van der Waals surface area contributed by atoms with Crippen molar-refractivity contribution in [2.45, 2.75) is 26.4 Å². The van der Waals surface area contributed by atoms with Gasteiger partial charge in [0, 0.05) is 12.1 Å². The fraction of sp³-hybridized carbons (Fsp3) is 0.235. The summed E-state index contributed by atoms with van der Waals surface area (Å²) in [5.41, 5.74) is 1.04. The minimum absolute atomic E-state index is 0.127. The second-order valence-corrected chi connectivity index (χ2v) is 4.48. The fourth-order valence-electron chi connectivity index (χ4n) is 2.28. The third-order valence-electron chi connectivity index (χ3n) is 3.16. The van der Waals surface area contributed by atoms with Crippen LogP contribution in [0.25, 0.3) is 0 Å². The lowest BCUT2D eigenvalue weighted by atomic mass is 9.95. The van der Waals surface area contributed by atoms with Crippen molar-refractivity contribution in [2.75, 3.05) is 0 Å². The van der Waals surface area contributed by atoms with Crippen LogP contribution >= 0.6 is 0 Å². The molecule has 0 saturated heterocycles. The largest absolute Gasteiger partial charge is 0.508 e. The van der Waals surface area contributed by atoms with E-state index < -0.39 is 0 Å². The number of carbonyl (C=O) groups excluding carboxylic acids is 1. The van der Waals surface area contributed by atoms with E-state index in [4.69, 9.17) is 4.74 Å². The number of aromatic hydroxyl groups is 2. The van der Waals surface area contributed by atoms with Crippen LogP contribution in [0, 0.1) is 0 Å². The molecule has 21 heavy (non-hydrogen) atoms. The van der Waals surface area contributed by atoms with Gasteiger partial charge in [0.05, 0.1) is 6.42 Å². The summed E-state index contributed by atoms with van der Waals surface area (Å²) >= 11 is 0. The van der Waals surface area contributed by atoms with Gasteiger partial charge in [0.15, 0.2) is 5.78 Å². The first kappa shape index (κ1) is 14.9. The van der Waals surface area contributed by atoms with E-state index in [1.807, 2.05) is 44.2 Å². The van der Waals surface area contributed by atoms with Crippen molar-refractivity contribution < 1.29 is 19.7 Å². The number of Topliss-reactive ketones (excluding diaryl/α,β-unsaturated/α-hetero) is 1. The average molecular weight is 286 g/mol. The third kappa shape index (κ3) is 2.99. The Balaban J connectivity index is 0.000000774. The highest BCUT2D eigenvalue weighted by Gasteiger charge is 2.30. The molecule has 0 aliphatic carbocycles. The maximum atomic E-state index is 12.1. The van der Waals surface area contributed by atoms with Gasteiger partial charge in [0.2, 0.25) is 0 Å². The molecule has 2 aromatic rings. The van der Waals surface area contributed by atoms with Crippen LogP contribution in [0.1, 0.15) is 42.3 Å². The predicted molar refractivity (Wildman–Crippen MR) is 79.9 cm³/mol. The molecule has 3 rings (SSSR count). The Kier molecular flexibility index (Phi) is 4.48. The van der Waals surface area contributed by atoms with Gasteiger partial charge < -0.3 is 14.9 Å². The highest BCUT2D eigenvalue weighted by atomic mass is 16.5. The Morgan fingerprint density at radius 2 is 1.76 bits per heavy atom. The summed E-state index contributed by atoms with van der Waals surface area (Å²) in [7, 11) is 0. The highest BCUT2D eigenvalue weighted by Crippen LogP contribution is 2.41. The Bertz CT molecular complexity index is 635. The molecule has 110 valence electrons. The van der Waals surface area contributed by atoms with E-state index >= 15 is 0 Å². The molecular weight excluding hydrogens is 268 g/mol. The zero-order chi connectivity index (χ0) is 15.4. The summed E-state index contributed by atoms with van der Waals surface area (Å²) in [6, 6.07) is 11.9. The normalized spacial score (nSPS) is 16.3. The SMILES string of the molecule is CC.O=C1C[C@H](c2ccccc2)Oc2cc(O)cc(O)c21. The second-order valence-electron chi connectivity index (χ2n) is 4.48. The number of hydrogen-bond donors (Lipinski definition) is 2. The van der Waals surface area contributed by atoms with Crippen molar-refractivity contribution in [3.05, 3.63) is 53.6 Å². The molecule has 2 N–H and O–H groups in total. The van der Waals surface area contributed by atoms with Crippen molar-refractivity contribution in [1.29, 1.82) is 0 Å². The highest BCUT2D eigenvalue weighted by molar-refractivity contribution is 6.02. The van der Waals surface area contributed by atoms with E-state index in [-0.39, 0.29) is 41.1 Å². The number of rotatable bonds is 1. The Hall–Kier alpha value is -2.49. The standard InChI is InChI=1S/C15H12O4.C2H6/c16-10-6-11(17)15-12(18)8-13(19-14(15)7-10)9-4-2-1-3-5-9;1-2/h1-7,13,16-17H,8H2;1-2H3/t13-;/m1./s1. The number of ether oxygens (including phenoxy) is 1. The summed E-state index contributed by atoms with van der Waals surface area (Å²) in [5, 5.41) is 19.2. The monoisotopic (exact) mass is 286 g/mol. The quantitative estimate of drug-likeness (QED) is 0.836. The van der Waals surface area contributed by atoms with Gasteiger partial charge in [-0.2, -0.15) is 0 Å². The predicted octanol–water partition coefficient (Wildman–Crippen LogP) is 3.83. The van der Waals surface area contributed by atoms with Crippen LogP contribution < -0.4 is 4.74 Å². The second kappa shape index (κ2) is 6.31. The van der Waals surface area contributed by atoms with Crippen LogP contribution in [0.4, 0.5) is 0 Å². The van der Waals surface area contributed by atoms with E-state index in [0.717, 1.165) is 11.6 Å². The van der Waals surface area contributed by atoms with Gasteiger partial charge in [-0.15, -0.1) is 0 Å². The van der Waals surface area contributed by atoms with Crippen molar-refractivity contribution in [1.82, 2.24) is 0 Å². The molecule has 4 heteroatoms. The molecule has 0 unspecified atom stereocenters. The van der Waals surface area contributed by atoms with E-state index in [1.54, 1.807) is 0 Å². The molecule has 1 aliphatic rings. The number of phenols is 2. The molecule has 1 aliphatic heterocycles. The van der Waals surface area contributed by atoms with Crippen LogP contribution in [0.5, 0.6) is 17.2 Å². The van der Waals surface area contributed by atoms with Gasteiger partial charge in [0.25, 0.3) is 0 Å². The third-order valence-corrected chi connectivity index (χ3v) is 3.16. The van der Waals surface area contributed by atoms with Crippen LogP contribution in [0.15, 0.2) is 42.5 Å². The topological polar surface area (TPSA) is 66.8 Å². The van der Waals surface area contributed by atoms with Gasteiger partial charge in [-0.05, 0) is 5.56 Å². The number of hydrogen-bond acceptors (Lipinski definition) is 4. The number of benzene rings is 2. The number of carbonyl (C=O) groups is 1. The first-order valence-electron chi connectivity index (χ1n) is 6.96. The first-order chi connectivity index (χ1) is 10.1. The molecule has 2 aromatic carbocycles. The maximum absolute atomic E-state index is 12.1. The van der Waals surface area contributed by atoms with Crippen molar-refractivity contribution in [3.8, 4) is 17.2 Å². The number of ketones is 1. The van der Waals surface area contributed by atoms with E-state index in [1.165, 1.54) is 6.07 Å². The van der Waals surface area contributed by atoms with Gasteiger partial charge in [-0.25, -0.2) is 0 Å². The van der Waals surface area contributed by atoms with E-state index in [0.29, 0.717) is 0 Å². The number of phenolic OH excluding ortho intramolecular Hbond substituents is 2. The Labute approximate surface area is 123 Å². The Morgan fingerprint density at radius 1 is 1.10 bits per heavy atom. The molecule has 0 radical (unpaired) electrons. The summed E-state index contributed by atoms with van der Waals surface area (Å²) in [5.74, 6) is -0.334. The molecule has 0 spiro atoms. The number of fused-ring (bicyclic) bond motifs is 1. The minimum atomic E-state index is -0.387. The first-order valence-corrected chi connectivity index (χ1v) is 6.96. The lowest BCUT2D eigenvalue weighted by Crippen LogP contribution is -2.20. The van der Waals surface area contributed by atoms with Crippen molar-refractivity contribution in [2.24, 2.45) is 0 Å². The molecule has 1 heterocycles. The van der Waals surface area contributed by atoms with Gasteiger partial charge in [-0.3, -0.25) is 4.79 Å².